The van der Waals surface area contributed by atoms with Crippen LogP contribution in [0.5, 0.6) is 0 Å². The van der Waals surface area contributed by atoms with Gasteiger partial charge in [0.2, 0.25) is 5.88 Å². The second kappa shape index (κ2) is 7.83. The van der Waals surface area contributed by atoms with E-state index in [4.69, 9.17) is 13.7 Å². The molecule has 3 rings (SSSR count). The van der Waals surface area contributed by atoms with Gasteiger partial charge in [0.15, 0.2) is 12.2 Å². The lowest BCUT2D eigenvalue weighted by Crippen LogP contribution is -2.21. The fraction of sp³-hybridized carbons (Fsp3) is 0.333. The highest BCUT2D eigenvalue weighted by atomic mass is 32.2. The molecule has 0 aliphatic carbocycles. The summed E-state index contributed by atoms with van der Waals surface area (Å²) in [5, 5.41) is 6.77. The molecule has 0 saturated heterocycles. The van der Waals surface area contributed by atoms with Crippen LogP contribution in [0.25, 0.3) is 11.1 Å². The van der Waals surface area contributed by atoms with Gasteiger partial charge in [-0.1, -0.05) is 49.8 Å². The summed E-state index contributed by atoms with van der Waals surface area (Å²) in [7, 11) is 0. The molecule has 0 aliphatic rings. The maximum atomic E-state index is 11.9. The van der Waals surface area contributed by atoms with E-state index in [9.17, 15) is 9.59 Å². The number of carbonyl (C=O) groups excluding carboxylic acids is 2. The standard InChI is InChI=1S/C18H19N3O5S/c1-18(2,3)13-8-15(26-21-13)20-14(22)9-24-16(23)10-27-17-19-11-6-4-5-7-12(11)25-17/h4-8H,9-10H2,1-3H3,(H,20,22). The van der Waals surface area contributed by atoms with Gasteiger partial charge in [0.05, 0.1) is 5.69 Å². The monoisotopic (exact) mass is 389 g/mol. The quantitative estimate of drug-likeness (QED) is 0.505. The zero-order chi connectivity index (χ0) is 19.4. The smallest absolute Gasteiger partial charge is 0.316 e. The van der Waals surface area contributed by atoms with Crippen molar-refractivity contribution in [3.63, 3.8) is 0 Å². The van der Waals surface area contributed by atoms with Gasteiger partial charge in [-0.2, -0.15) is 0 Å². The van der Waals surface area contributed by atoms with Crippen molar-refractivity contribution in [2.24, 2.45) is 0 Å². The number of rotatable bonds is 6. The van der Waals surface area contributed by atoms with Crippen molar-refractivity contribution in [2.45, 2.75) is 31.4 Å². The van der Waals surface area contributed by atoms with E-state index in [0.29, 0.717) is 16.5 Å². The highest BCUT2D eigenvalue weighted by Gasteiger charge is 2.20. The van der Waals surface area contributed by atoms with Gasteiger partial charge in [0.25, 0.3) is 11.1 Å². The number of hydrogen-bond acceptors (Lipinski definition) is 8. The molecule has 1 aromatic carbocycles. The van der Waals surface area contributed by atoms with Crippen LogP contribution in [0.1, 0.15) is 26.5 Å². The highest BCUT2D eigenvalue weighted by molar-refractivity contribution is 7.99. The Bertz CT molecular complexity index is 924. The van der Waals surface area contributed by atoms with E-state index in [0.717, 1.165) is 17.3 Å². The zero-order valence-electron chi connectivity index (χ0n) is 15.1. The van der Waals surface area contributed by atoms with Crippen molar-refractivity contribution in [1.29, 1.82) is 0 Å². The summed E-state index contributed by atoms with van der Waals surface area (Å²) < 4.78 is 15.5. The van der Waals surface area contributed by atoms with E-state index in [-0.39, 0.29) is 17.1 Å². The van der Waals surface area contributed by atoms with Gasteiger partial charge in [-0.25, -0.2) is 4.98 Å². The number of nitrogens with zero attached hydrogens (tertiary/aromatic N) is 2. The van der Waals surface area contributed by atoms with Gasteiger partial charge >= 0.3 is 5.97 Å². The van der Waals surface area contributed by atoms with E-state index in [1.165, 1.54) is 0 Å². The average molecular weight is 389 g/mol. The lowest BCUT2D eigenvalue weighted by Gasteiger charge is -2.12. The summed E-state index contributed by atoms with van der Waals surface area (Å²) in [5.41, 5.74) is 1.88. The Hall–Kier alpha value is -2.81. The van der Waals surface area contributed by atoms with Crippen molar-refractivity contribution in [1.82, 2.24) is 10.1 Å². The van der Waals surface area contributed by atoms with Gasteiger partial charge in [-0.15, -0.1) is 0 Å². The van der Waals surface area contributed by atoms with Crippen LogP contribution in [0.15, 0.2) is 44.5 Å². The Morgan fingerprint density at radius 3 is 2.74 bits per heavy atom. The first kappa shape index (κ1) is 19.0. The molecule has 8 nitrogen and oxygen atoms in total. The SMILES string of the molecule is CC(C)(C)c1cc(NC(=O)COC(=O)CSc2nc3ccccc3o2)on1. The number of esters is 1. The predicted octanol–water partition coefficient (Wildman–Crippen LogP) is 3.39. The molecule has 27 heavy (non-hydrogen) atoms. The molecule has 9 heteroatoms. The number of ether oxygens (including phenoxy) is 1. The van der Waals surface area contributed by atoms with Crippen LogP contribution in [0.3, 0.4) is 0 Å². The molecule has 0 radical (unpaired) electrons. The number of aromatic nitrogens is 2. The van der Waals surface area contributed by atoms with Crippen molar-refractivity contribution in [3.8, 4) is 0 Å². The summed E-state index contributed by atoms with van der Waals surface area (Å²) in [6.45, 7) is 5.52. The molecule has 0 aliphatic heterocycles. The van der Waals surface area contributed by atoms with Crippen molar-refractivity contribution in [2.75, 3.05) is 17.7 Å². The number of oxazole rings is 1. The first-order valence-corrected chi connectivity index (χ1v) is 9.21. The van der Waals surface area contributed by atoms with E-state index in [1.807, 2.05) is 39.0 Å². The summed E-state index contributed by atoms with van der Waals surface area (Å²) in [6.07, 6.45) is 0. The second-order valence-corrected chi connectivity index (χ2v) is 7.70. The summed E-state index contributed by atoms with van der Waals surface area (Å²) in [5.74, 6) is -0.865. The predicted molar refractivity (Wildman–Crippen MR) is 99.5 cm³/mol. The molecule has 0 bridgehead atoms. The van der Waals surface area contributed by atoms with Crippen molar-refractivity contribution >= 4 is 40.6 Å². The Kier molecular flexibility index (Phi) is 5.50. The summed E-state index contributed by atoms with van der Waals surface area (Å²) in [6, 6.07) is 8.95. The molecule has 3 aromatic rings. The Balaban J connectivity index is 1.43. The summed E-state index contributed by atoms with van der Waals surface area (Å²) >= 11 is 1.10. The van der Waals surface area contributed by atoms with Crippen LogP contribution in [0, 0.1) is 0 Å². The van der Waals surface area contributed by atoms with Crippen molar-refractivity contribution < 1.29 is 23.3 Å². The average Bonchev–Trinajstić information content (AvgIpc) is 3.24. The molecular weight excluding hydrogens is 370 g/mol. The number of benzene rings is 1. The van der Waals surface area contributed by atoms with Crippen molar-refractivity contribution in [3.05, 3.63) is 36.0 Å². The first-order chi connectivity index (χ1) is 12.8. The number of hydrogen-bond donors (Lipinski definition) is 1. The van der Waals surface area contributed by atoms with Crippen LogP contribution < -0.4 is 5.32 Å². The highest BCUT2D eigenvalue weighted by Crippen LogP contribution is 2.24. The lowest BCUT2D eigenvalue weighted by atomic mass is 9.92. The molecule has 2 aromatic heterocycles. The van der Waals surface area contributed by atoms with Gasteiger partial charge in [-0.05, 0) is 12.1 Å². The first-order valence-electron chi connectivity index (χ1n) is 8.22. The molecule has 1 N–H and O–H groups in total. The lowest BCUT2D eigenvalue weighted by molar-refractivity contribution is -0.144. The third-order valence-electron chi connectivity index (χ3n) is 3.49. The number of carbonyl (C=O) groups is 2. The summed E-state index contributed by atoms with van der Waals surface area (Å²) in [4.78, 5) is 27.9. The van der Waals surface area contributed by atoms with Crippen LogP contribution in [0.4, 0.5) is 5.88 Å². The van der Waals surface area contributed by atoms with Crippen LogP contribution in [-0.4, -0.2) is 34.4 Å². The molecule has 142 valence electrons. The fourth-order valence-corrected chi connectivity index (χ4v) is 2.72. The normalized spacial score (nSPS) is 11.5. The molecule has 0 fully saturated rings. The minimum Gasteiger partial charge on any atom is -0.455 e. The molecule has 1 amide bonds. The molecular formula is C18H19N3O5S. The minimum absolute atomic E-state index is 0.0173. The van der Waals surface area contributed by atoms with Gasteiger partial charge in [0.1, 0.15) is 11.3 Å². The Morgan fingerprint density at radius 2 is 2.04 bits per heavy atom. The molecule has 0 unspecified atom stereocenters. The third-order valence-corrected chi connectivity index (χ3v) is 4.29. The number of anilines is 1. The third kappa shape index (κ3) is 5.10. The van der Waals surface area contributed by atoms with Crippen LogP contribution in [0.2, 0.25) is 0 Å². The number of thioether (sulfide) groups is 1. The molecule has 0 saturated carbocycles. The van der Waals surface area contributed by atoms with E-state index >= 15 is 0 Å². The second-order valence-electron chi connectivity index (χ2n) is 6.77. The number of fused-ring (bicyclic) bond motifs is 1. The topological polar surface area (TPSA) is 107 Å². The Labute approximate surface area is 159 Å². The van der Waals surface area contributed by atoms with E-state index in [1.54, 1.807) is 12.1 Å². The maximum Gasteiger partial charge on any atom is 0.316 e. The molecule has 0 spiro atoms. The van der Waals surface area contributed by atoms with Gasteiger partial charge in [0, 0.05) is 11.5 Å². The number of para-hydroxylation sites is 2. The largest absolute Gasteiger partial charge is 0.455 e. The minimum atomic E-state index is -0.551. The van der Waals surface area contributed by atoms with Crippen LogP contribution in [-0.2, 0) is 19.7 Å². The zero-order valence-corrected chi connectivity index (χ0v) is 16.0. The van der Waals surface area contributed by atoms with Gasteiger partial charge < -0.3 is 13.7 Å². The molecule has 0 atom stereocenters. The molecule has 2 heterocycles. The van der Waals surface area contributed by atoms with Crippen LogP contribution >= 0.6 is 11.8 Å². The Morgan fingerprint density at radius 1 is 1.26 bits per heavy atom. The van der Waals surface area contributed by atoms with E-state index < -0.39 is 18.5 Å². The van der Waals surface area contributed by atoms with Gasteiger partial charge in [-0.3, -0.25) is 14.9 Å². The number of nitrogens with one attached hydrogen (secondary N) is 1. The maximum absolute atomic E-state index is 11.9. The fourth-order valence-electron chi connectivity index (χ4n) is 2.08. The van der Waals surface area contributed by atoms with E-state index in [2.05, 4.69) is 15.5 Å². The number of amides is 1.